The Morgan fingerprint density at radius 2 is 1.83 bits per heavy atom. The van der Waals surface area contributed by atoms with E-state index >= 15 is 0 Å². The standard InChI is InChI=1S/C24H38N2O4/c1-5-10-20(15-18-13-9-14-18)21(26-23(28)30-24(2,3)4)16-25-22(27)29-17-19-11-7-6-8-12-19/h6-8,11-12,18,20-21H,5,9-10,13-17H2,1-4H3,(H,25,27)(H,26,28)/t20-,21+/m0/s1. The van der Waals surface area contributed by atoms with E-state index in [4.69, 9.17) is 9.47 Å². The molecule has 6 nitrogen and oxygen atoms in total. The third kappa shape index (κ3) is 9.06. The number of nitrogens with one attached hydrogen (secondary N) is 2. The van der Waals surface area contributed by atoms with Crippen molar-refractivity contribution in [3.63, 3.8) is 0 Å². The summed E-state index contributed by atoms with van der Waals surface area (Å²) in [6.07, 6.45) is 5.97. The maximum atomic E-state index is 12.4. The van der Waals surface area contributed by atoms with Crippen LogP contribution >= 0.6 is 0 Å². The quantitative estimate of drug-likeness (QED) is 0.532. The van der Waals surface area contributed by atoms with E-state index in [1.807, 2.05) is 51.1 Å². The SMILES string of the molecule is CCC[C@@H](CC1CCC1)[C@@H](CNC(=O)OCc1ccccc1)NC(=O)OC(C)(C)C. The van der Waals surface area contributed by atoms with E-state index in [0.29, 0.717) is 12.5 Å². The topological polar surface area (TPSA) is 76.7 Å². The molecule has 0 bridgehead atoms. The van der Waals surface area contributed by atoms with Gasteiger partial charge in [0, 0.05) is 6.54 Å². The Bertz CT molecular complexity index is 653. The number of hydrogen-bond donors (Lipinski definition) is 2. The summed E-state index contributed by atoms with van der Waals surface area (Å²) in [6, 6.07) is 9.38. The summed E-state index contributed by atoms with van der Waals surface area (Å²) in [4.78, 5) is 24.7. The van der Waals surface area contributed by atoms with Gasteiger partial charge >= 0.3 is 12.2 Å². The smallest absolute Gasteiger partial charge is 0.407 e. The largest absolute Gasteiger partial charge is 0.445 e. The van der Waals surface area contributed by atoms with Crippen LogP contribution in [0.1, 0.15) is 71.8 Å². The van der Waals surface area contributed by atoms with Crippen molar-refractivity contribution >= 4 is 12.2 Å². The molecule has 0 unspecified atom stereocenters. The first kappa shape index (κ1) is 24.0. The average Bonchev–Trinajstić information content (AvgIpc) is 2.64. The van der Waals surface area contributed by atoms with E-state index in [1.54, 1.807) is 0 Å². The second kappa shape index (κ2) is 11.8. The van der Waals surface area contributed by atoms with Crippen LogP contribution in [0.2, 0.25) is 0 Å². The molecule has 0 aliphatic heterocycles. The fraction of sp³-hybridized carbons (Fsp3) is 0.667. The number of hydrogen-bond acceptors (Lipinski definition) is 4. The molecule has 1 aromatic rings. The van der Waals surface area contributed by atoms with Gasteiger partial charge in [0.15, 0.2) is 0 Å². The molecule has 2 N–H and O–H groups in total. The van der Waals surface area contributed by atoms with Crippen molar-refractivity contribution in [2.24, 2.45) is 11.8 Å². The predicted octanol–water partition coefficient (Wildman–Crippen LogP) is 5.41. The van der Waals surface area contributed by atoms with E-state index in [-0.39, 0.29) is 12.6 Å². The zero-order valence-electron chi connectivity index (χ0n) is 18.9. The van der Waals surface area contributed by atoms with Crippen molar-refractivity contribution in [2.75, 3.05) is 6.54 Å². The van der Waals surface area contributed by atoms with Gasteiger partial charge in [0.2, 0.25) is 0 Å². The highest BCUT2D eigenvalue weighted by Gasteiger charge is 2.30. The van der Waals surface area contributed by atoms with Crippen LogP contribution in [0.4, 0.5) is 9.59 Å². The fourth-order valence-corrected chi connectivity index (χ4v) is 3.77. The summed E-state index contributed by atoms with van der Waals surface area (Å²) in [5.74, 6) is 1.01. The van der Waals surface area contributed by atoms with Crippen molar-refractivity contribution in [2.45, 2.75) is 84.5 Å². The van der Waals surface area contributed by atoms with E-state index in [9.17, 15) is 9.59 Å². The maximum absolute atomic E-state index is 12.4. The lowest BCUT2D eigenvalue weighted by Gasteiger charge is -2.34. The number of rotatable bonds is 10. The molecule has 6 heteroatoms. The van der Waals surface area contributed by atoms with E-state index in [1.165, 1.54) is 19.3 Å². The molecule has 1 saturated carbocycles. The maximum Gasteiger partial charge on any atom is 0.407 e. The Balaban J connectivity index is 1.94. The lowest BCUT2D eigenvalue weighted by Crippen LogP contribution is -2.50. The van der Waals surface area contributed by atoms with Gasteiger partial charge in [-0.15, -0.1) is 0 Å². The van der Waals surface area contributed by atoms with Crippen molar-refractivity contribution in [1.82, 2.24) is 10.6 Å². The number of ether oxygens (including phenoxy) is 2. The minimum atomic E-state index is -0.565. The third-order valence-electron chi connectivity index (χ3n) is 5.47. The molecule has 1 fully saturated rings. The van der Waals surface area contributed by atoms with Gasteiger partial charge in [-0.3, -0.25) is 0 Å². The molecule has 30 heavy (non-hydrogen) atoms. The highest BCUT2D eigenvalue weighted by Crippen LogP contribution is 2.34. The zero-order valence-corrected chi connectivity index (χ0v) is 18.9. The number of carbonyl (C=O) groups is 2. The summed E-state index contributed by atoms with van der Waals surface area (Å²) in [7, 11) is 0. The van der Waals surface area contributed by atoms with Gasteiger partial charge in [-0.05, 0) is 51.0 Å². The minimum absolute atomic E-state index is 0.190. The summed E-state index contributed by atoms with van der Waals surface area (Å²) < 4.78 is 10.8. The van der Waals surface area contributed by atoms with Gasteiger partial charge in [0.05, 0.1) is 6.04 Å². The van der Waals surface area contributed by atoms with Crippen LogP contribution in [-0.2, 0) is 16.1 Å². The van der Waals surface area contributed by atoms with Gasteiger partial charge in [0.25, 0.3) is 0 Å². The first-order valence-electron chi connectivity index (χ1n) is 11.2. The van der Waals surface area contributed by atoms with Gasteiger partial charge in [-0.25, -0.2) is 9.59 Å². The molecule has 2 atom stereocenters. The predicted molar refractivity (Wildman–Crippen MR) is 118 cm³/mol. The van der Waals surface area contributed by atoms with E-state index < -0.39 is 17.8 Å². The molecule has 0 radical (unpaired) electrons. The van der Waals surface area contributed by atoms with Gasteiger partial charge in [-0.1, -0.05) is 62.9 Å². The number of amides is 2. The van der Waals surface area contributed by atoms with Crippen LogP contribution in [0, 0.1) is 11.8 Å². The molecule has 0 spiro atoms. The van der Waals surface area contributed by atoms with Crippen LogP contribution < -0.4 is 10.6 Å². The molecule has 1 aromatic carbocycles. The molecule has 2 amide bonds. The van der Waals surface area contributed by atoms with Crippen LogP contribution in [0.25, 0.3) is 0 Å². The van der Waals surface area contributed by atoms with Gasteiger partial charge in [-0.2, -0.15) is 0 Å². The minimum Gasteiger partial charge on any atom is -0.445 e. The van der Waals surface area contributed by atoms with E-state index in [0.717, 1.165) is 30.7 Å². The monoisotopic (exact) mass is 418 g/mol. The fourth-order valence-electron chi connectivity index (χ4n) is 3.77. The highest BCUT2D eigenvalue weighted by molar-refractivity contribution is 5.69. The molecule has 1 aliphatic rings. The lowest BCUT2D eigenvalue weighted by atomic mass is 9.76. The Labute approximate surface area is 181 Å². The number of benzene rings is 1. The second-order valence-corrected chi connectivity index (χ2v) is 9.28. The van der Waals surface area contributed by atoms with Gasteiger partial charge < -0.3 is 20.1 Å². The van der Waals surface area contributed by atoms with Crippen LogP contribution in [0.5, 0.6) is 0 Å². The molecular formula is C24H38N2O4. The van der Waals surface area contributed by atoms with Crippen LogP contribution in [0.15, 0.2) is 30.3 Å². The summed E-state index contributed by atoms with van der Waals surface area (Å²) in [6.45, 7) is 8.23. The lowest BCUT2D eigenvalue weighted by molar-refractivity contribution is 0.0470. The molecule has 1 aliphatic carbocycles. The third-order valence-corrected chi connectivity index (χ3v) is 5.47. The first-order valence-corrected chi connectivity index (χ1v) is 11.2. The Kier molecular flexibility index (Phi) is 9.47. The summed E-state index contributed by atoms with van der Waals surface area (Å²) in [5, 5.41) is 5.85. The molecule has 168 valence electrons. The Morgan fingerprint density at radius 1 is 1.13 bits per heavy atom. The van der Waals surface area contributed by atoms with Gasteiger partial charge in [0.1, 0.15) is 12.2 Å². The molecular weight excluding hydrogens is 380 g/mol. The van der Waals surface area contributed by atoms with Crippen molar-refractivity contribution in [3.05, 3.63) is 35.9 Å². The molecule has 0 heterocycles. The van der Waals surface area contributed by atoms with Crippen LogP contribution in [0.3, 0.4) is 0 Å². The van der Waals surface area contributed by atoms with Crippen molar-refractivity contribution in [1.29, 1.82) is 0 Å². The van der Waals surface area contributed by atoms with Crippen LogP contribution in [-0.4, -0.2) is 30.4 Å². The Morgan fingerprint density at radius 3 is 2.40 bits per heavy atom. The molecule has 2 rings (SSSR count). The van der Waals surface area contributed by atoms with Crippen molar-refractivity contribution in [3.8, 4) is 0 Å². The molecule has 0 saturated heterocycles. The number of alkyl carbamates (subject to hydrolysis) is 2. The van der Waals surface area contributed by atoms with Crippen molar-refractivity contribution < 1.29 is 19.1 Å². The molecule has 0 aromatic heterocycles. The average molecular weight is 419 g/mol. The number of carbonyl (C=O) groups excluding carboxylic acids is 2. The van der Waals surface area contributed by atoms with E-state index in [2.05, 4.69) is 17.6 Å². The summed E-state index contributed by atoms with van der Waals surface area (Å²) in [5.41, 5.74) is 0.371. The highest BCUT2D eigenvalue weighted by atomic mass is 16.6. The normalized spacial score (nSPS) is 16.1. The zero-order chi connectivity index (χ0) is 22.0. The second-order valence-electron chi connectivity index (χ2n) is 9.28. The Hall–Kier alpha value is -2.24. The summed E-state index contributed by atoms with van der Waals surface area (Å²) >= 11 is 0. The first-order chi connectivity index (χ1) is 14.3.